The first kappa shape index (κ1) is 20.5. The number of benzene rings is 2. The van der Waals surface area contributed by atoms with Gasteiger partial charge in [0.25, 0.3) is 5.91 Å². The van der Waals surface area contributed by atoms with Gasteiger partial charge in [-0.05, 0) is 57.0 Å². The van der Waals surface area contributed by atoms with Crippen molar-refractivity contribution >= 4 is 15.9 Å². The lowest BCUT2D eigenvalue weighted by Crippen LogP contribution is -2.33. The molecule has 2 aromatic rings. The molecule has 0 bridgehead atoms. The molecule has 1 amide bonds. The summed E-state index contributed by atoms with van der Waals surface area (Å²) in [5, 5.41) is 0. The van der Waals surface area contributed by atoms with E-state index in [0.29, 0.717) is 24.2 Å². The quantitative estimate of drug-likeness (QED) is 0.675. The van der Waals surface area contributed by atoms with Crippen molar-refractivity contribution in [3.63, 3.8) is 0 Å². The number of carbonyl (C=O) groups excluding carboxylic acids is 1. The molecule has 0 unspecified atom stereocenters. The second-order valence-electron chi connectivity index (χ2n) is 6.87. The standard InChI is InChI=1S/C21H25FN2O3S/c1-3-23(4-2)21(25)16-9-13-19(14-10-16)28(26,27)24(18-11-12-18)15-17-7-5-6-8-20(17)22/h5-10,13-14,18H,3-4,11-12,15H2,1-2H3. The van der Waals surface area contributed by atoms with Crippen LogP contribution in [0.1, 0.15) is 42.6 Å². The molecule has 0 heterocycles. The van der Waals surface area contributed by atoms with E-state index in [1.807, 2.05) is 13.8 Å². The van der Waals surface area contributed by atoms with E-state index in [2.05, 4.69) is 0 Å². The van der Waals surface area contributed by atoms with Gasteiger partial charge in [-0.25, -0.2) is 12.8 Å². The fraction of sp³-hybridized carbons (Fsp3) is 0.381. The average Bonchev–Trinajstić information content (AvgIpc) is 3.53. The zero-order chi connectivity index (χ0) is 20.3. The van der Waals surface area contributed by atoms with Crippen molar-refractivity contribution < 1.29 is 17.6 Å². The summed E-state index contributed by atoms with van der Waals surface area (Å²) in [5.74, 6) is -0.539. The Morgan fingerprint density at radius 3 is 2.18 bits per heavy atom. The van der Waals surface area contributed by atoms with Crippen LogP contribution in [0.15, 0.2) is 53.4 Å². The Morgan fingerprint density at radius 1 is 1.04 bits per heavy atom. The van der Waals surface area contributed by atoms with Crippen molar-refractivity contribution in [3.05, 3.63) is 65.5 Å². The summed E-state index contributed by atoms with van der Waals surface area (Å²) < 4.78 is 41.7. The second-order valence-corrected chi connectivity index (χ2v) is 8.77. The largest absolute Gasteiger partial charge is 0.339 e. The summed E-state index contributed by atoms with van der Waals surface area (Å²) in [6, 6.07) is 12.1. The van der Waals surface area contributed by atoms with Crippen LogP contribution in [-0.4, -0.2) is 42.7 Å². The topological polar surface area (TPSA) is 57.7 Å². The van der Waals surface area contributed by atoms with Gasteiger partial charge in [-0.1, -0.05) is 18.2 Å². The summed E-state index contributed by atoms with van der Waals surface area (Å²) in [7, 11) is -3.78. The van der Waals surface area contributed by atoms with Gasteiger partial charge >= 0.3 is 0 Å². The first-order valence-corrected chi connectivity index (χ1v) is 11.0. The molecule has 0 aromatic heterocycles. The molecule has 0 aliphatic heterocycles. The first-order valence-electron chi connectivity index (χ1n) is 9.53. The summed E-state index contributed by atoms with van der Waals surface area (Å²) >= 11 is 0. The van der Waals surface area contributed by atoms with Gasteiger partial charge in [-0.15, -0.1) is 0 Å². The van der Waals surface area contributed by atoms with E-state index in [1.54, 1.807) is 35.2 Å². The molecular weight excluding hydrogens is 379 g/mol. The molecule has 0 N–H and O–H groups in total. The van der Waals surface area contributed by atoms with E-state index in [9.17, 15) is 17.6 Å². The number of hydrogen-bond acceptors (Lipinski definition) is 3. The Hall–Kier alpha value is -2.25. The molecular formula is C21H25FN2O3S. The molecule has 0 saturated heterocycles. The van der Waals surface area contributed by atoms with Gasteiger partial charge in [-0.2, -0.15) is 4.31 Å². The number of halogens is 1. The minimum atomic E-state index is -3.78. The van der Waals surface area contributed by atoms with Crippen molar-refractivity contribution in [2.75, 3.05) is 13.1 Å². The molecule has 1 saturated carbocycles. The third kappa shape index (κ3) is 4.25. The van der Waals surface area contributed by atoms with Crippen molar-refractivity contribution in [1.82, 2.24) is 9.21 Å². The predicted molar refractivity (Wildman–Crippen MR) is 106 cm³/mol. The first-order chi connectivity index (χ1) is 13.4. The van der Waals surface area contributed by atoms with Crippen LogP contribution in [0.4, 0.5) is 4.39 Å². The summed E-state index contributed by atoms with van der Waals surface area (Å²) in [5.41, 5.74) is 0.807. The number of nitrogens with zero attached hydrogens (tertiary/aromatic N) is 2. The summed E-state index contributed by atoms with van der Waals surface area (Å²) in [6.45, 7) is 4.98. The van der Waals surface area contributed by atoms with Gasteiger partial charge in [0.05, 0.1) is 4.90 Å². The number of sulfonamides is 1. The molecule has 28 heavy (non-hydrogen) atoms. The third-order valence-electron chi connectivity index (χ3n) is 5.00. The Labute approximate surface area is 165 Å². The Bertz CT molecular complexity index is 936. The molecule has 2 aromatic carbocycles. The van der Waals surface area contributed by atoms with E-state index in [0.717, 1.165) is 12.8 Å². The van der Waals surface area contributed by atoms with Crippen LogP contribution in [0.5, 0.6) is 0 Å². The van der Waals surface area contributed by atoms with Crippen LogP contribution in [0.25, 0.3) is 0 Å². The van der Waals surface area contributed by atoms with Crippen molar-refractivity contribution in [2.45, 2.75) is 44.2 Å². The van der Waals surface area contributed by atoms with Gasteiger partial charge in [0.15, 0.2) is 0 Å². The highest BCUT2D eigenvalue weighted by molar-refractivity contribution is 7.89. The van der Waals surface area contributed by atoms with Gasteiger partial charge in [-0.3, -0.25) is 4.79 Å². The zero-order valence-electron chi connectivity index (χ0n) is 16.1. The lowest BCUT2D eigenvalue weighted by molar-refractivity contribution is 0.0773. The van der Waals surface area contributed by atoms with Gasteiger partial charge < -0.3 is 4.90 Å². The highest BCUT2D eigenvalue weighted by atomic mass is 32.2. The van der Waals surface area contributed by atoms with Crippen molar-refractivity contribution in [1.29, 1.82) is 0 Å². The maximum atomic E-state index is 14.0. The molecule has 7 heteroatoms. The molecule has 0 radical (unpaired) electrons. The second kappa shape index (κ2) is 8.41. The van der Waals surface area contributed by atoms with Crippen molar-refractivity contribution in [2.24, 2.45) is 0 Å². The fourth-order valence-corrected chi connectivity index (χ4v) is 4.83. The molecule has 1 fully saturated rings. The minimum Gasteiger partial charge on any atom is -0.339 e. The lowest BCUT2D eigenvalue weighted by atomic mass is 10.2. The van der Waals surface area contributed by atoms with Crippen LogP contribution in [0, 0.1) is 5.82 Å². The molecule has 0 spiro atoms. The van der Waals surface area contributed by atoms with Crippen LogP contribution >= 0.6 is 0 Å². The van der Waals surface area contributed by atoms with Crippen LogP contribution < -0.4 is 0 Å². The van der Waals surface area contributed by atoms with E-state index in [1.165, 1.54) is 22.5 Å². The normalized spacial score (nSPS) is 14.3. The van der Waals surface area contributed by atoms with Crippen LogP contribution in [0.2, 0.25) is 0 Å². The number of carbonyl (C=O) groups is 1. The molecule has 5 nitrogen and oxygen atoms in total. The predicted octanol–water partition coefficient (Wildman–Crippen LogP) is 3.66. The van der Waals surface area contributed by atoms with Crippen molar-refractivity contribution in [3.8, 4) is 0 Å². The van der Waals surface area contributed by atoms with E-state index in [4.69, 9.17) is 0 Å². The van der Waals surface area contributed by atoms with Gasteiger partial charge in [0, 0.05) is 36.8 Å². The molecule has 1 aliphatic rings. The highest BCUT2D eigenvalue weighted by Gasteiger charge is 2.38. The van der Waals surface area contributed by atoms with Crippen LogP contribution in [0.3, 0.4) is 0 Å². The Balaban J connectivity index is 1.86. The maximum absolute atomic E-state index is 14.0. The number of rotatable bonds is 8. The minimum absolute atomic E-state index is 0.000196. The smallest absolute Gasteiger partial charge is 0.253 e. The lowest BCUT2D eigenvalue weighted by Gasteiger charge is -2.23. The average molecular weight is 405 g/mol. The van der Waals surface area contributed by atoms with Crippen LogP contribution in [-0.2, 0) is 16.6 Å². The molecule has 0 atom stereocenters. The maximum Gasteiger partial charge on any atom is 0.253 e. The highest BCUT2D eigenvalue weighted by Crippen LogP contribution is 2.34. The fourth-order valence-electron chi connectivity index (χ4n) is 3.17. The Kier molecular flexibility index (Phi) is 6.15. The van der Waals surface area contributed by atoms with E-state index >= 15 is 0 Å². The Morgan fingerprint density at radius 2 is 1.64 bits per heavy atom. The van der Waals surface area contributed by atoms with Gasteiger partial charge in [0.2, 0.25) is 10.0 Å². The summed E-state index contributed by atoms with van der Waals surface area (Å²) in [6.07, 6.45) is 1.54. The third-order valence-corrected chi connectivity index (χ3v) is 6.91. The molecule has 3 rings (SSSR count). The van der Waals surface area contributed by atoms with Gasteiger partial charge in [0.1, 0.15) is 5.82 Å². The number of hydrogen-bond donors (Lipinski definition) is 0. The molecule has 1 aliphatic carbocycles. The van der Waals surface area contributed by atoms with E-state index < -0.39 is 15.8 Å². The monoisotopic (exact) mass is 404 g/mol. The summed E-state index contributed by atoms with van der Waals surface area (Å²) in [4.78, 5) is 14.2. The SMILES string of the molecule is CCN(CC)C(=O)c1ccc(S(=O)(=O)N(Cc2ccccc2F)C2CC2)cc1. The van der Waals surface area contributed by atoms with E-state index in [-0.39, 0.29) is 23.4 Å². The molecule has 150 valence electrons. The number of amides is 1. The zero-order valence-corrected chi connectivity index (χ0v) is 17.0.